The van der Waals surface area contributed by atoms with Crippen molar-refractivity contribution >= 4 is 21.8 Å². The van der Waals surface area contributed by atoms with Gasteiger partial charge in [0.25, 0.3) is 0 Å². The molecule has 0 saturated heterocycles. The van der Waals surface area contributed by atoms with Crippen LogP contribution in [-0.2, 0) is 4.79 Å². The first-order valence-corrected chi connectivity index (χ1v) is 7.36. The molecular weight excluding hydrogens is 266 g/mol. The molecule has 0 rings (SSSR count). The Balaban J connectivity index is 4.59. The highest BCUT2D eigenvalue weighted by Crippen LogP contribution is 2.22. The molecule has 3 heteroatoms. The molecule has 96 valence electrons. The van der Waals surface area contributed by atoms with Crippen molar-refractivity contribution < 1.29 is 4.79 Å². The molecule has 0 aliphatic heterocycles. The van der Waals surface area contributed by atoms with Crippen molar-refractivity contribution in [3.05, 3.63) is 0 Å². The Morgan fingerprint density at radius 3 is 2.00 bits per heavy atom. The number of rotatable bonds is 7. The van der Waals surface area contributed by atoms with Crippen LogP contribution in [0.2, 0.25) is 0 Å². The van der Waals surface area contributed by atoms with Crippen LogP contribution >= 0.6 is 15.9 Å². The summed E-state index contributed by atoms with van der Waals surface area (Å²) in [4.78, 5) is 14.2. The molecule has 0 spiro atoms. The molecule has 0 bridgehead atoms. The maximum Gasteiger partial charge on any atom is 0.225 e. The van der Waals surface area contributed by atoms with Crippen LogP contribution in [0.25, 0.3) is 0 Å². The van der Waals surface area contributed by atoms with Crippen molar-refractivity contribution in [2.45, 2.75) is 58.9 Å². The van der Waals surface area contributed by atoms with Crippen LogP contribution in [0.5, 0.6) is 0 Å². The van der Waals surface area contributed by atoms with Crippen molar-refractivity contribution in [3.63, 3.8) is 0 Å². The molecule has 0 aromatic carbocycles. The van der Waals surface area contributed by atoms with Gasteiger partial charge >= 0.3 is 0 Å². The fraction of sp³-hybridized carbons (Fsp3) is 0.923. The van der Waals surface area contributed by atoms with E-state index in [1.165, 1.54) is 0 Å². The van der Waals surface area contributed by atoms with Gasteiger partial charge in [0.15, 0.2) is 0 Å². The van der Waals surface area contributed by atoms with Crippen LogP contribution in [0.15, 0.2) is 0 Å². The molecule has 2 nitrogen and oxygen atoms in total. The van der Waals surface area contributed by atoms with E-state index in [4.69, 9.17) is 0 Å². The van der Waals surface area contributed by atoms with Gasteiger partial charge in [-0.1, -0.05) is 42.6 Å². The maximum absolute atomic E-state index is 12.3. The lowest BCUT2D eigenvalue weighted by Crippen LogP contribution is -2.48. The van der Waals surface area contributed by atoms with Gasteiger partial charge in [0, 0.05) is 23.8 Å². The Kier molecular flexibility index (Phi) is 7.29. The van der Waals surface area contributed by atoms with Crippen molar-refractivity contribution in [1.82, 2.24) is 4.90 Å². The number of alkyl halides is 1. The standard InChI is InChI=1S/C13H26BrNO/c1-6-8-11(9-7-2)12(16)15(5)13(3,4)10-14/h11H,6-10H2,1-5H3. The first-order chi connectivity index (χ1) is 7.40. The number of carbonyl (C=O) groups excluding carboxylic acids is 1. The SMILES string of the molecule is CCCC(CCC)C(=O)N(C)C(C)(C)CBr. The van der Waals surface area contributed by atoms with E-state index < -0.39 is 0 Å². The largest absolute Gasteiger partial charge is 0.340 e. The first kappa shape index (κ1) is 16.0. The number of hydrogen-bond acceptors (Lipinski definition) is 1. The van der Waals surface area contributed by atoms with E-state index in [-0.39, 0.29) is 11.5 Å². The Morgan fingerprint density at radius 1 is 1.25 bits per heavy atom. The molecule has 0 N–H and O–H groups in total. The van der Waals surface area contributed by atoms with Gasteiger partial charge in [0.2, 0.25) is 5.91 Å². The minimum Gasteiger partial charge on any atom is -0.340 e. The summed E-state index contributed by atoms with van der Waals surface area (Å²) in [5.41, 5.74) is -0.100. The van der Waals surface area contributed by atoms with Gasteiger partial charge in [-0.15, -0.1) is 0 Å². The lowest BCUT2D eigenvalue weighted by molar-refractivity contribution is -0.138. The summed E-state index contributed by atoms with van der Waals surface area (Å²) >= 11 is 3.47. The van der Waals surface area contributed by atoms with E-state index in [1.807, 2.05) is 11.9 Å². The van der Waals surface area contributed by atoms with Crippen molar-refractivity contribution in [2.24, 2.45) is 5.92 Å². The van der Waals surface area contributed by atoms with Crippen LogP contribution in [-0.4, -0.2) is 28.7 Å². The fourth-order valence-corrected chi connectivity index (χ4v) is 2.13. The molecule has 0 radical (unpaired) electrons. The second kappa shape index (κ2) is 7.31. The summed E-state index contributed by atoms with van der Waals surface area (Å²) < 4.78 is 0. The zero-order valence-electron chi connectivity index (χ0n) is 11.3. The van der Waals surface area contributed by atoms with Gasteiger partial charge in [0.05, 0.1) is 0 Å². The molecule has 1 amide bonds. The average molecular weight is 292 g/mol. The van der Waals surface area contributed by atoms with Gasteiger partial charge in [-0.3, -0.25) is 4.79 Å². The highest BCUT2D eigenvalue weighted by atomic mass is 79.9. The monoisotopic (exact) mass is 291 g/mol. The van der Waals surface area contributed by atoms with Crippen molar-refractivity contribution in [2.75, 3.05) is 12.4 Å². The van der Waals surface area contributed by atoms with Gasteiger partial charge in [0.1, 0.15) is 0 Å². The van der Waals surface area contributed by atoms with E-state index >= 15 is 0 Å². The van der Waals surface area contributed by atoms with Crippen LogP contribution < -0.4 is 0 Å². The summed E-state index contributed by atoms with van der Waals surface area (Å²) in [6.45, 7) is 8.47. The molecule has 0 saturated carbocycles. The summed E-state index contributed by atoms with van der Waals surface area (Å²) in [5.74, 6) is 0.506. The second-order valence-corrected chi connectivity index (χ2v) is 5.68. The number of amides is 1. The molecule has 0 aliphatic carbocycles. The second-order valence-electron chi connectivity index (χ2n) is 5.12. The smallest absolute Gasteiger partial charge is 0.225 e. The minimum atomic E-state index is -0.100. The lowest BCUT2D eigenvalue weighted by atomic mass is 9.94. The first-order valence-electron chi connectivity index (χ1n) is 6.24. The normalized spacial score (nSPS) is 11.9. The predicted molar refractivity (Wildman–Crippen MR) is 73.9 cm³/mol. The predicted octanol–water partition coefficient (Wildman–Crippen LogP) is 3.83. The number of halogens is 1. The van der Waals surface area contributed by atoms with E-state index in [0.29, 0.717) is 5.91 Å². The highest BCUT2D eigenvalue weighted by Gasteiger charge is 2.30. The van der Waals surface area contributed by atoms with Gasteiger partial charge in [-0.2, -0.15) is 0 Å². The molecule has 0 atom stereocenters. The Bertz CT molecular complexity index is 210. The minimum absolute atomic E-state index is 0.100. The third kappa shape index (κ3) is 4.44. The maximum atomic E-state index is 12.3. The van der Waals surface area contributed by atoms with Crippen molar-refractivity contribution in [1.29, 1.82) is 0 Å². The highest BCUT2D eigenvalue weighted by molar-refractivity contribution is 9.09. The number of carbonyl (C=O) groups is 1. The van der Waals surface area contributed by atoms with Crippen LogP contribution in [0.1, 0.15) is 53.4 Å². The van der Waals surface area contributed by atoms with Gasteiger partial charge in [-0.05, 0) is 26.7 Å². The summed E-state index contributed by atoms with van der Waals surface area (Å²) in [7, 11) is 1.92. The Hall–Kier alpha value is -0.0500. The summed E-state index contributed by atoms with van der Waals surface area (Å²) in [6.07, 6.45) is 4.18. The van der Waals surface area contributed by atoms with Gasteiger partial charge < -0.3 is 4.90 Å². The Morgan fingerprint density at radius 2 is 1.69 bits per heavy atom. The van der Waals surface area contributed by atoms with Crippen LogP contribution in [0, 0.1) is 5.92 Å². The summed E-state index contributed by atoms with van der Waals surface area (Å²) in [6, 6.07) is 0. The molecule has 0 heterocycles. The average Bonchev–Trinajstić information content (AvgIpc) is 2.26. The molecule has 0 aliphatic rings. The number of nitrogens with zero attached hydrogens (tertiary/aromatic N) is 1. The van der Waals surface area contributed by atoms with E-state index in [1.54, 1.807) is 0 Å². The zero-order valence-corrected chi connectivity index (χ0v) is 12.9. The molecule has 0 unspecified atom stereocenters. The zero-order chi connectivity index (χ0) is 12.8. The molecule has 0 aromatic rings. The van der Waals surface area contributed by atoms with Crippen molar-refractivity contribution in [3.8, 4) is 0 Å². The lowest BCUT2D eigenvalue weighted by Gasteiger charge is -2.36. The molecule has 0 fully saturated rings. The third-order valence-corrected chi connectivity index (χ3v) is 4.56. The molecular formula is C13H26BrNO. The molecule has 0 aromatic heterocycles. The topological polar surface area (TPSA) is 20.3 Å². The van der Waals surface area contributed by atoms with Crippen LogP contribution in [0.3, 0.4) is 0 Å². The van der Waals surface area contributed by atoms with E-state index in [0.717, 1.165) is 31.0 Å². The van der Waals surface area contributed by atoms with Crippen LogP contribution in [0.4, 0.5) is 0 Å². The number of hydrogen-bond donors (Lipinski definition) is 0. The fourth-order valence-electron chi connectivity index (χ4n) is 1.75. The molecule has 16 heavy (non-hydrogen) atoms. The van der Waals surface area contributed by atoms with E-state index in [2.05, 4.69) is 43.6 Å². The van der Waals surface area contributed by atoms with Gasteiger partial charge in [-0.25, -0.2) is 0 Å². The third-order valence-electron chi connectivity index (χ3n) is 3.19. The van der Waals surface area contributed by atoms with E-state index in [9.17, 15) is 4.79 Å². The Labute approximate surface area is 109 Å². The summed E-state index contributed by atoms with van der Waals surface area (Å²) in [5, 5.41) is 0.813. The quantitative estimate of drug-likeness (QED) is 0.653.